The van der Waals surface area contributed by atoms with Crippen molar-refractivity contribution < 1.29 is 23.5 Å². The van der Waals surface area contributed by atoms with E-state index in [4.69, 9.17) is 4.74 Å². The molecule has 1 aromatic heterocycles. The summed E-state index contributed by atoms with van der Waals surface area (Å²) in [5.74, 6) is -1.61. The number of methoxy groups -OCH3 is 1. The Morgan fingerprint density at radius 3 is 2.33 bits per heavy atom. The Labute approximate surface area is 213 Å². The van der Waals surface area contributed by atoms with Gasteiger partial charge in [-0.15, -0.1) is 11.3 Å². The van der Waals surface area contributed by atoms with Crippen LogP contribution in [0, 0.1) is 17.2 Å². The Morgan fingerprint density at radius 2 is 1.69 bits per heavy atom. The molecule has 3 aromatic rings. The summed E-state index contributed by atoms with van der Waals surface area (Å²) in [6, 6.07) is 12.1. The lowest BCUT2D eigenvalue weighted by atomic mass is 9.72. The molecule has 0 radical (unpaired) electrons. The van der Waals surface area contributed by atoms with Gasteiger partial charge in [0, 0.05) is 10.6 Å². The maximum atomic E-state index is 14.2. The predicted octanol–water partition coefficient (Wildman–Crippen LogP) is 6.33. The van der Waals surface area contributed by atoms with Crippen molar-refractivity contribution in [3.63, 3.8) is 0 Å². The second-order valence-corrected chi connectivity index (χ2v) is 11.1. The van der Waals surface area contributed by atoms with Crippen molar-refractivity contribution in [2.75, 3.05) is 17.7 Å². The second kappa shape index (κ2) is 10.2. The van der Waals surface area contributed by atoms with Crippen molar-refractivity contribution in [1.29, 1.82) is 0 Å². The molecule has 1 aliphatic rings. The molecule has 0 spiro atoms. The zero-order chi connectivity index (χ0) is 26.0. The molecule has 36 heavy (non-hydrogen) atoms. The summed E-state index contributed by atoms with van der Waals surface area (Å²) in [5, 5.41) is 6.08. The SMILES string of the molecule is COC(=O)c1ccc(NC(=O)c2c(NC(=O)c3ccccc3F)sc3c2CCC(C(C)(C)C)C3)cc1. The third-order valence-electron chi connectivity index (χ3n) is 6.63. The fraction of sp³-hybridized carbons (Fsp3) is 0.321. The van der Waals surface area contributed by atoms with Gasteiger partial charge in [-0.25, -0.2) is 9.18 Å². The van der Waals surface area contributed by atoms with E-state index in [0.29, 0.717) is 34.2 Å². The first kappa shape index (κ1) is 25.6. The maximum Gasteiger partial charge on any atom is 0.337 e. The Kier molecular flexibility index (Phi) is 7.26. The van der Waals surface area contributed by atoms with Crippen LogP contribution in [-0.4, -0.2) is 24.9 Å². The number of fused-ring (bicyclic) bond motifs is 1. The number of halogens is 1. The standard InChI is InChI=1S/C28H29FN2O4S/c1-28(2,3)17-11-14-20-22(15-17)36-26(31-24(32)19-7-5-6-8-21(19)29)23(20)25(33)30-18-12-9-16(10-13-18)27(34)35-4/h5-10,12-13,17H,11,14-15H2,1-4H3,(H,30,33)(H,31,32). The fourth-order valence-corrected chi connectivity index (χ4v) is 5.79. The van der Waals surface area contributed by atoms with E-state index in [1.807, 2.05) is 0 Å². The molecule has 1 unspecified atom stereocenters. The van der Waals surface area contributed by atoms with Gasteiger partial charge in [-0.1, -0.05) is 32.9 Å². The highest BCUT2D eigenvalue weighted by molar-refractivity contribution is 7.17. The lowest BCUT2D eigenvalue weighted by Gasteiger charge is -2.33. The summed E-state index contributed by atoms with van der Waals surface area (Å²) >= 11 is 1.38. The molecule has 2 N–H and O–H groups in total. The fourth-order valence-electron chi connectivity index (χ4n) is 4.47. The van der Waals surface area contributed by atoms with Crippen LogP contribution in [0.25, 0.3) is 0 Å². The largest absolute Gasteiger partial charge is 0.465 e. The highest BCUT2D eigenvalue weighted by atomic mass is 32.1. The average molecular weight is 509 g/mol. The molecule has 0 fully saturated rings. The quantitative estimate of drug-likeness (QED) is 0.395. The molecule has 0 aliphatic heterocycles. The van der Waals surface area contributed by atoms with Crippen LogP contribution in [0.2, 0.25) is 0 Å². The first-order valence-corrected chi connectivity index (χ1v) is 12.6. The highest BCUT2D eigenvalue weighted by Crippen LogP contribution is 2.44. The van der Waals surface area contributed by atoms with E-state index in [-0.39, 0.29) is 16.9 Å². The van der Waals surface area contributed by atoms with Crippen LogP contribution in [0.3, 0.4) is 0 Å². The van der Waals surface area contributed by atoms with Crippen molar-refractivity contribution in [3.05, 3.63) is 81.5 Å². The Bertz CT molecular complexity index is 1310. The van der Waals surface area contributed by atoms with E-state index in [1.165, 1.54) is 36.6 Å². The van der Waals surface area contributed by atoms with Gasteiger partial charge in [0.2, 0.25) is 0 Å². The van der Waals surface area contributed by atoms with Crippen LogP contribution in [0.5, 0.6) is 0 Å². The van der Waals surface area contributed by atoms with Gasteiger partial charge >= 0.3 is 5.97 Å². The van der Waals surface area contributed by atoms with Crippen molar-refractivity contribution in [2.45, 2.75) is 40.0 Å². The second-order valence-electron chi connectivity index (χ2n) is 9.97. The molecule has 0 bridgehead atoms. The number of hydrogen-bond donors (Lipinski definition) is 2. The van der Waals surface area contributed by atoms with E-state index in [0.717, 1.165) is 23.3 Å². The smallest absolute Gasteiger partial charge is 0.337 e. The lowest BCUT2D eigenvalue weighted by molar-refractivity contribution is 0.0600. The molecule has 188 valence electrons. The van der Waals surface area contributed by atoms with Gasteiger partial charge in [0.1, 0.15) is 10.8 Å². The molecule has 0 saturated carbocycles. The summed E-state index contributed by atoms with van der Waals surface area (Å²) < 4.78 is 19.0. The van der Waals surface area contributed by atoms with Gasteiger partial charge in [0.05, 0.1) is 23.8 Å². The molecule has 8 heteroatoms. The van der Waals surface area contributed by atoms with Gasteiger partial charge in [0.15, 0.2) is 0 Å². The molecule has 1 atom stereocenters. The molecule has 6 nitrogen and oxygen atoms in total. The first-order chi connectivity index (χ1) is 17.1. The van der Waals surface area contributed by atoms with Crippen molar-refractivity contribution in [1.82, 2.24) is 0 Å². The number of rotatable bonds is 5. The number of carbonyl (C=O) groups is 3. The Hall–Kier alpha value is -3.52. The van der Waals surface area contributed by atoms with Gasteiger partial charge in [0.25, 0.3) is 11.8 Å². The Morgan fingerprint density at radius 1 is 1.00 bits per heavy atom. The summed E-state index contributed by atoms with van der Waals surface area (Å²) in [5.41, 5.74) is 2.23. The normalized spacial score (nSPS) is 15.1. The number of anilines is 2. The number of hydrogen-bond acceptors (Lipinski definition) is 5. The van der Waals surface area contributed by atoms with Crippen LogP contribution in [0.1, 0.15) is 68.7 Å². The minimum Gasteiger partial charge on any atom is -0.465 e. The van der Waals surface area contributed by atoms with Gasteiger partial charge in [-0.3, -0.25) is 9.59 Å². The van der Waals surface area contributed by atoms with Gasteiger partial charge < -0.3 is 15.4 Å². The van der Waals surface area contributed by atoms with Crippen LogP contribution < -0.4 is 10.6 Å². The summed E-state index contributed by atoms with van der Waals surface area (Å²) in [7, 11) is 1.30. The highest BCUT2D eigenvalue weighted by Gasteiger charge is 2.34. The lowest BCUT2D eigenvalue weighted by Crippen LogP contribution is -2.27. The number of nitrogens with one attached hydrogen (secondary N) is 2. The predicted molar refractivity (Wildman–Crippen MR) is 139 cm³/mol. The molecule has 0 saturated heterocycles. The van der Waals surface area contributed by atoms with Gasteiger partial charge in [-0.05, 0) is 72.6 Å². The Balaban J connectivity index is 1.66. The summed E-state index contributed by atoms with van der Waals surface area (Å²) in [6.45, 7) is 6.63. The first-order valence-electron chi connectivity index (χ1n) is 11.8. The molecular weight excluding hydrogens is 479 g/mol. The zero-order valence-corrected chi connectivity index (χ0v) is 21.6. The molecule has 1 heterocycles. The maximum absolute atomic E-state index is 14.2. The number of ether oxygens (including phenoxy) is 1. The van der Waals surface area contributed by atoms with Gasteiger partial charge in [-0.2, -0.15) is 0 Å². The third-order valence-corrected chi connectivity index (χ3v) is 7.80. The van der Waals surface area contributed by atoms with Crippen molar-refractivity contribution in [2.24, 2.45) is 11.3 Å². The molecule has 2 amide bonds. The minimum atomic E-state index is -0.624. The number of thiophene rings is 1. The number of amides is 2. The topological polar surface area (TPSA) is 84.5 Å². The molecule has 4 rings (SSSR count). The molecule has 1 aliphatic carbocycles. The summed E-state index contributed by atoms with van der Waals surface area (Å²) in [6.07, 6.45) is 2.46. The third kappa shape index (κ3) is 5.33. The van der Waals surface area contributed by atoms with E-state index >= 15 is 0 Å². The van der Waals surface area contributed by atoms with E-state index in [1.54, 1.807) is 30.3 Å². The molecule has 2 aromatic carbocycles. The van der Waals surface area contributed by atoms with E-state index in [2.05, 4.69) is 31.4 Å². The van der Waals surface area contributed by atoms with Crippen molar-refractivity contribution >= 4 is 39.8 Å². The van der Waals surface area contributed by atoms with Crippen LogP contribution in [0.4, 0.5) is 15.1 Å². The summed E-state index contributed by atoms with van der Waals surface area (Å²) in [4.78, 5) is 39.2. The minimum absolute atomic E-state index is 0.0822. The van der Waals surface area contributed by atoms with E-state index in [9.17, 15) is 18.8 Å². The number of benzene rings is 2. The zero-order valence-electron chi connectivity index (χ0n) is 20.7. The number of carbonyl (C=O) groups excluding carboxylic acids is 3. The number of esters is 1. The van der Waals surface area contributed by atoms with Crippen LogP contribution in [0.15, 0.2) is 48.5 Å². The van der Waals surface area contributed by atoms with E-state index < -0.39 is 17.7 Å². The van der Waals surface area contributed by atoms with Crippen LogP contribution >= 0.6 is 11.3 Å². The monoisotopic (exact) mass is 508 g/mol. The average Bonchev–Trinajstić information content (AvgIpc) is 3.20. The molecular formula is C28H29FN2O4S. The van der Waals surface area contributed by atoms with Crippen LogP contribution in [-0.2, 0) is 17.6 Å². The van der Waals surface area contributed by atoms with Crippen molar-refractivity contribution in [3.8, 4) is 0 Å².